The van der Waals surface area contributed by atoms with Crippen LogP contribution < -0.4 is 5.32 Å². The van der Waals surface area contributed by atoms with E-state index in [1.54, 1.807) is 13.8 Å². The lowest BCUT2D eigenvalue weighted by molar-refractivity contribution is 0.0706. The second-order valence-electron chi connectivity index (χ2n) is 4.52. The Hall–Kier alpha value is -1.62. The van der Waals surface area contributed by atoms with E-state index >= 15 is 0 Å². The first kappa shape index (κ1) is 13.4. The Morgan fingerprint density at radius 2 is 2.06 bits per heavy atom. The zero-order chi connectivity index (χ0) is 13.2. The van der Waals surface area contributed by atoms with Crippen molar-refractivity contribution >= 4 is 5.91 Å². The largest absolute Gasteiger partial charge is 0.508 e. The van der Waals surface area contributed by atoms with E-state index in [4.69, 9.17) is 5.11 Å². The molecule has 0 radical (unpaired) electrons. The highest BCUT2D eigenvalue weighted by Gasteiger charge is 2.27. The minimum absolute atomic E-state index is 0.170. The molecule has 0 aliphatic rings. The lowest BCUT2D eigenvalue weighted by Crippen LogP contribution is -2.51. The molecule has 0 heterocycles. The number of hydrogen-bond donors (Lipinski definition) is 3. The van der Waals surface area contributed by atoms with Crippen LogP contribution in [0.15, 0.2) is 18.2 Å². The number of aliphatic hydroxyl groups excluding tert-OH is 1. The molecule has 1 aromatic carbocycles. The molecule has 0 spiro atoms. The van der Waals surface area contributed by atoms with E-state index in [-0.39, 0.29) is 11.3 Å². The Kier molecular flexibility index (Phi) is 3.72. The predicted octanol–water partition coefficient (Wildman–Crippen LogP) is 1.42. The van der Waals surface area contributed by atoms with Gasteiger partial charge < -0.3 is 15.5 Å². The van der Waals surface area contributed by atoms with Crippen molar-refractivity contribution in [3.8, 4) is 5.75 Å². The number of hydrogen-bond acceptors (Lipinski definition) is 3. The van der Waals surface area contributed by atoms with Gasteiger partial charge in [-0.05, 0) is 32.9 Å². The predicted molar refractivity (Wildman–Crippen MR) is 61.3 cm³/mol. The number of nitrogens with one attached hydrogen (secondary N) is 1. The van der Waals surface area contributed by atoms with Gasteiger partial charge in [-0.15, -0.1) is 0 Å². The maximum atomic E-state index is 13.4. The minimum Gasteiger partial charge on any atom is -0.508 e. The Labute approximate surface area is 99.1 Å². The summed E-state index contributed by atoms with van der Waals surface area (Å²) in [5.41, 5.74) is -1.03. The number of phenols is 1. The number of amides is 1. The summed E-state index contributed by atoms with van der Waals surface area (Å²) in [6.45, 7) is 4.80. The fourth-order valence-corrected chi connectivity index (χ4v) is 1.15. The summed E-state index contributed by atoms with van der Waals surface area (Å²) < 4.78 is 13.4. The van der Waals surface area contributed by atoms with E-state index in [0.717, 1.165) is 6.07 Å². The van der Waals surface area contributed by atoms with Crippen molar-refractivity contribution in [1.82, 2.24) is 5.32 Å². The molecule has 0 fully saturated rings. The van der Waals surface area contributed by atoms with Gasteiger partial charge in [0.1, 0.15) is 11.6 Å². The summed E-state index contributed by atoms with van der Waals surface area (Å²) in [6, 6.07) is 3.29. The summed E-state index contributed by atoms with van der Waals surface area (Å²) in [5.74, 6) is -1.67. The first-order valence-electron chi connectivity index (χ1n) is 5.23. The van der Waals surface area contributed by atoms with Gasteiger partial charge in [0.15, 0.2) is 0 Å². The first-order chi connectivity index (χ1) is 7.74. The fourth-order valence-electron chi connectivity index (χ4n) is 1.15. The molecule has 0 saturated heterocycles. The van der Waals surface area contributed by atoms with Crippen LogP contribution in [0.3, 0.4) is 0 Å². The van der Waals surface area contributed by atoms with Crippen LogP contribution in [0, 0.1) is 5.82 Å². The van der Waals surface area contributed by atoms with E-state index in [1.807, 2.05) is 0 Å². The second kappa shape index (κ2) is 4.71. The number of rotatable bonds is 3. The average Bonchev–Trinajstić information content (AvgIpc) is 2.15. The average molecular weight is 241 g/mol. The number of aromatic hydroxyl groups is 1. The topological polar surface area (TPSA) is 69.6 Å². The van der Waals surface area contributed by atoms with Crippen LogP contribution in [0.25, 0.3) is 0 Å². The fraction of sp³-hybridized carbons (Fsp3) is 0.417. The highest BCUT2D eigenvalue weighted by atomic mass is 19.1. The Bertz CT molecular complexity index is 430. The maximum Gasteiger partial charge on any atom is 0.254 e. The molecule has 1 aromatic rings. The van der Waals surface area contributed by atoms with Gasteiger partial charge in [0.05, 0.1) is 17.2 Å². The van der Waals surface area contributed by atoms with Crippen LogP contribution in [-0.2, 0) is 0 Å². The van der Waals surface area contributed by atoms with Crippen LogP contribution in [-0.4, -0.2) is 27.8 Å². The van der Waals surface area contributed by atoms with Crippen molar-refractivity contribution in [3.05, 3.63) is 29.6 Å². The molecule has 0 aromatic heterocycles. The molecular weight excluding hydrogens is 225 g/mol. The quantitative estimate of drug-likeness (QED) is 0.749. The number of halogens is 1. The normalized spacial score (nSPS) is 13.2. The van der Waals surface area contributed by atoms with Gasteiger partial charge in [-0.3, -0.25) is 4.79 Å². The second-order valence-corrected chi connectivity index (χ2v) is 4.52. The van der Waals surface area contributed by atoms with E-state index in [0.29, 0.717) is 0 Å². The highest BCUT2D eigenvalue weighted by molar-refractivity contribution is 5.95. The first-order valence-corrected chi connectivity index (χ1v) is 5.23. The lowest BCUT2D eigenvalue weighted by atomic mass is 9.98. The molecule has 4 nitrogen and oxygen atoms in total. The standard InChI is InChI=1S/C12H16FNO3/c1-7(15)12(2,3)14-11(17)9-5-4-8(16)6-10(9)13/h4-7,15-16H,1-3H3,(H,14,17). The van der Waals surface area contributed by atoms with Crippen LogP contribution >= 0.6 is 0 Å². The third kappa shape index (κ3) is 3.17. The molecule has 3 N–H and O–H groups in total. The number of carbonyl (C=O) groups is 1. The molecular formula is C12H16FNO3. The zero-order valence-electron chi connectivity index (χ0n) is 9.99. The number of aliphatic hydroxyl groups is 1. The Morgan fingerprint density at radius 1 is 1.47 bits per heavy atom. The van der Waals surface area contributed by atoms with Crippen LogP contribution in [0.4, 0.5) is 4.39 Å². The molecule has 1 atom stereocenters. The van der Waals surface area contributed by atoms with Crippen LogP contribution in [0.2, 0.25) is 0 Å². The summed E-state index contributed by atoms with van der Waals surface area (Å²) in [5, 5.41) is 21.0. The summed E-state index contributed by atoms with van der Waals surface area (Å²) in [6.07, 6.45) is -0.772. The number of phenolic OH excluding ortho intramolecular Hbond substituents is 1. The summed E-state index contributed by atoms with van der Waals surface area (Å²) in [7, 11) is 0. The van der Waals surface area contributed by atoms with Crippen LogP contribution in [0.1, 0.15) is 31.1 Å². The summed E-state index contributed by atoms with van der Waals surface area (Å²) in [4.78, 5) is 11.8. The monoisotopic (exact) mass is 241 g/mol. The molecule has 0 aliphatic carbocycles. The Morgan fingerprint density at radius 3 is 2.53 bits per heavy atom. The maximum absolute atomic E-state index is 13.4. The van der Waals surface area contributed by atoms with Gasteiger partial charge in [0, 0.05) is 6.07 Å². The van der Waals surface area contributed by atoms with Crippen LogP contribution in [0.5, 0.6) is 5.75 Å². The highest BCUT2D eigenvalue weighted by Crippen LogP contribution is 2.16. The van der Waals surface area contributed by atoms with Crippen molar-refractivity contribution < 1.29 is 19.4 Å². The van der Waals surface area contributed by atoms with E-state index in [9.17, 15) is 14.3 Å². The molecule has 1 amide bonds. The van der Waals surface area contributed by atoms with E-state index < -0.39 is 23.4 Å². The van der Waals surface area contributed by atoms with Gasteiger partial charge in [0.25, 0.3) is 5.91 Å². The van der Waals surface area contributed by atoms with Gasteiger partial charge in [-0.1, -0.05) is 0 Å². The van der Waals surface area contributed by atoms with Gasteiger partial charge in [-0.25, -0.2) is 4.39 Å². The molecule has 94 valence electrons. The number of benzene rings is 1. The molecule has 17 heavy (non-hydrogen) atoms. The van der Waals surface area contributed by atoms with Crippen molar-refractivity contribution in [2.24, 2.45) is 0 Å². The lowest BCUT2D eigenvalue weighted by Gasteiger charge is -2.29. The Balaban J connectivity index is 2.91. The molecule has 5 heteroatoms. The smallest absolute Gasteiger partial charge is 0.254 e. The van der Waals surface area contributed by atoms with E-state index in [2.05, 4.69) is 5.32 Å². The summed E-state index contributed by atoms with van der Waals surface area (Å²) >= 11 is 0. The van der Waals surface area contributed by atoms with Gasteiger partial charge in [0.2, 0.25) is 0 Å². The zero-order valence-corrected chi connectivity index (χ0v) is 9.99. The number of carbonyl (C=O) groups excluding carboxylic acids is 1. The van der Waals surface area contributed by atoms with Gasteiger partial charge in [-0.2, -0.15) is 0 Å². The van der Waals surface area contributed by atoms with Gasteiger partial charge >= 0.3 is 0 Å². The van der Waals surface area contributed by atoms with Crippen molar-refractivity contribution in [3.63, 3.8) is 0 Å². The molecule has 1 rings (SSSR count). The molecule has 1 unspecified atom stereocenters. The minimum atomic E-state index is -0.860. The van der Waals surface area contributed by atoms with Crippen molar-refractivity contribution in [2.45, 2.75) is 32.4 Å². The van der Waals surface area contributed by atoms with Crippen molar-refractivity contribution in [2.75, 3.05) is 0 Å². The third-order valence-corrected chi connectivity index (χ3v) is 2.68. The SMILES string of the molecule is CC(O)C(C)(C)NC(=O)c1ccc(O)cc1F. The van der Waals surface area contributed by atoms with Crippen molar-refractivity contribution in [1.29, 1.82) is 0 Å². The third-order valence-electron chi connectivity index (χ3n) is 2.68. The van der Waals surface area contributed by atoms with E-state index in [1.165, 1.54) is 19.1 Å². The molecule has 0 aliphatic heterocycles. The molecule has 0 saturated carbocycles. The molecule has 0 bridgehead atoms.